The van der Waals surface area contributed by atoms with Crippen LogP contribution in [0, 0.1) is 6.92 Å². The van der Waals surface area contributed by atoms with Gasteiger partial charge in [0.15, 0.2) is 0 Å². The first-order valence-electron chi connectivity index (χ1n) is 7.60. The van der Waals surface area contributed by atoms with E-state index in [0.717, 1.165) is 25.2 Å². The average molecular weight is 297 g/mol. The molecule has 0 aromatic heterocycles. The second-order valence-electron chi connectivity index (χ2n) is 5.34. The van der Waals surface area contributed by atoms with Crippen molar-refractivity contribution in [2.24, 2.45) is 0 Å². The molecule has 1 aromatic carbocycles. The zero-order valence-electron chi connectivity index (χ0n) is 13.1. The van der Waals surface area contributed by atoms with Crippen LogP contribution >= 0.6 is 11.8 Å². The summed E-state index contributed by atoms with van der Waals surface area (Å²) in [7, 11) is 2.21. The van der Waals surface area contributed by atoms with E-state index >= 15 is 0 Å². The van der Waals surface area contributed by atoms with Crippen LogP contribution < -0.4 is 0 Å². The molecular formula is C18H24BNS. The van der Waals surface area contributed by atoms with Gasteiger partial charge >= 0.3 is 0 Å². The molecule has 110 valence electrons. The molecular weight excluding hydrogens is 273 g/mol. The van der Waals surface area contributed by atoms with Gasteiger partial charge in [-0.3, -0.25) is 4.90 Å². The van der Waals surface area contributed by atoms with E-state index in [0.29, 0.717) is 0 Å². The number of hydrogen-bond donors (Lipinski definition) is 0. The molecule has 0 saturated heterocycles. The molecule has 1 heterocycles. The van der Waals surface area contributed by atoms with Crippen LogP contribution in [0.2, 0.25) is 0 Å². The third-order valence-corrected chi connectivity index (χ3v) is 5.15. The Morgan fingerprint density at radius 1 is 1.38 bits per heavy atom. The summed E-state index contributed by atoms with van der Waals surface area (Å²) < 4.78 is 0. The van der Waals surface area contributed by atoms with Crippen LogP contribution in [0.15, 0.2) is 60.1 Å². The summed E-state index contributed by atoms with van der Waals surface area (Å²) in [5.74, 6) is 0. The lowest BCUT2D eigenvalue weighted by Gasteiger charge is -2.35. The Hall–Kier alpha value is -1.19. The second kappa shape index (κ2) is 7.72. The van der Waals surface area contributed by atoms with Crippen molar-refractivity contribution in [3.05, 3.63) is 71.2 Å². The van der Waals surface area contributed by atoms with E-state index in [1.807, 2.05) is 17.8 Å². The maximum Gasteiger partial charge on any atom is 0.114 e. The second-order valence-corrected chi connectivity index (χ2v) is 6.70. The van der Waals surface area contributed by atoms with E-state index in [9.17, 15) is 0 Å². The fourth-order valence-corrected chi connectivity index (χ4v) is 3.86. The predicted octanol–water partition coefficient (Wildman–Crippen LogP) is 3.69. The third-order valence-electron chi connectivity index (χ3n) is 4.05. The molecule has 3 heteroatoms. The molecule has 0 bridgehead atoms. The molecule has 21 heavy (non-hydrogen) atoms. The number of hydrogen-bond acceptors (Lipinski definition) is 2. The molecule has 2 rings (SSSR count). The summed E-state index contributed by atoms with van der Waals surface area (Å²) in [5, 5.41) is 0. The fraction of sp³-hybridized carbons (Fsp3) is 0.333. The first-order valence-corrected chi connectivity index (χ1v) is 8.59. The molecule has 0 saturated carbocycles. The summed E-state index contributed by atoms with van der Waals surface area (Å²) in [6.45, 7) is 12.3. The van der Waals surface area contributed by atoms with Crippen LogP contribution in [0.3, 0.4) is 0 Å². The highest BCUT2D eigenvalue weighted by atomic mass is 32.2. The number of aryl methyl sites for hydroxylation is 1. The molecule has 0 radical (unpaired) electrons. The van der Waals surface area contributed by atoms with E-state index in [2.05, 4.69) is 63.2 Å². The van der Waals surface area contributed by atoms with Gasteiger partial charge in [0.1, 0.15) is 7.85 Å². The topological polar surface area (TPSA) is 3.24 Å². The highest BCUT2D eigenvalue weighted by Gasteiger charge is 2.24. The highest BCUT2D eigenvalue weighted by Crippen LogP contribution is 2.33. The monoisotopic (exact) mass is 297 g/mol. The van der Waals surface area contributed by atoms with Crippen molar-refractivity contribution in [3.63, 3.8) is 0 Å². The molecule has 0 fully saturated rings. The predicted molar refractivity (Wildman–Crippen MR) is 98.5 cm³/mol. The van der Waals surface area contributed by atoms with E-state index in [-0.39, 0.29) is 6.04 Å². The van der Waals surface area contributed by atoms with Crippen molar-refractivity contribution in [2.75, 3.05) is 18.7 Å². The molecule has 1 aliphatic rings. The maximum absolute atomic E-state index is 4.07. The van der Waals surface area contributed by atoms with Crippen molar-refractivity contribution in [3.8, 4) is 0 Å². The van der Waals surface area contributed by atoms with Crippen LogP contribution in [-0.2, 0) is 0 Å². The number of nitrogens with zero attached hydrogens (tertiary/aromatic N) is 1. The normalized spacial score (nSPS) is 17.6. The van der Waals surface area contributed by atoms with Gasteiger partial charge in [-0.25, -0.2) is 0 Å². The molecule has 1 aliphatic heterocycles. The van der Waals surface area contributed by atoms with Crippen molar-refractivity contribution in [1.29, 1.82) is 0 Å². The van der Waals surface area contributed by atoms with Crippen LogP contribution in [0.4, 0.5) is 0 Å². The van der Waals surface area contributed by atoms with Crippen molar-refractivity contribution in [1.82, 2.24) is 4.90 Å². The summed E-state index contributed by atoms with van der Waals surface area (Å²) in [6, 6.07) is 8.90. The van der Waals surface area contributed by atoms with Gasteiger partial charge in [-0.15, -0.1) is 18.3 Å². The van der Waals surface area contributed by atoms with Gasteiger partial charge in [0.25, 0.3) is 0 Å². The minimum Gasteiger partial charge on any atom is -0.288 e. The fourth-order valence-electron chi connectivity index (χ4n) is 2.94. The van der Waals surface area contributed by atoms with Gasteiger partial charge in [-0.05, 0) is 40.6 Å². The zero-order chi connectivity index (χ0) is 15.2. The molecule has 0 amide bonds. The molecule has 1 aromatic rings. The van der Waals surface area contributed by atoms with Gasteiger partial charge in [-0.2, -0.15) is 0 Å². The van der Waals surface area contributed by atoms with E-state index in [1.54, 1.807) is 0 Å². The standard InChI is InChI=1S/C18H24BNS/c1-4-15-12-20(11-10-18(15)21-13-19)17(5-2)16-9-7-6-8-14(16)3/h4-9,17H,1-2,10-13,19H2,3H3. The van der Waals surface area contributed by atoms with E-state index in [1.165, 1.54) is 21.6 Å². The van der Waals surface area contributed by atoms with Crippen LogP contribution in [0.5, 0.6) is 0 Å². The summed E-state index contributed by atoms with van der Waals surface area (Å²) >= 11 is 1.96. The molecule has 0 spiro atoms. The SMILES string of the molecule is BCSC1=C(C=C)CN(C(C=C)c2ccccc2C)CC1. The number of rotatable bonds is 6. The van der Waals surface area contributed by atoms with Gasteiger partial charge in [-0.1, -0.05) is 43.0 Å². The Labute approximate surface area is 134 Å². The molecule has 1 unspecified atom stereocenters. The number of benzene rings is 1. The lowest BCUT2D eigenvalue weighted by Crippen LogP contribution is -2.34. The zero-order valence-corrected chi connectivity index (χ0v) is 14.0. The lowest BCUT2D eigenvalue weighted by atomic mass is 9.97. The highest BCUT2D eigenvalue weighted by molar-refractivity contribution is 8.04. The largest absolute Gasteiger partial charge is 0.288 e. The Balaban J connectivity index is 2.24. The Morgan fingerprint density at radius 3 is 2.76 bits per heavy atom. The van der Waals surface area contributed by atoms with Gasteiger partial charge in [0, 0.05) is 13.1 Å². The first kappa shape index (κ1) is 16.2. The van der Waals surface area contributed by atoms with Crippen molar-refractivity contribution in [2.45, 2.75) is 19.4 Å². The van der Waals surface area contributed by atoms with Crippen molar-refractivity contribution < 1.29 is 0 Å². The van der Waals surface area contributed by atoms with Crippen LogP contribution in [-0.4, -0.2) is 31.5 Å². The smallest absolute Gasteiger partial charge is 0.114 e. The van der Waals surface area contributed by atoms with Crippen molar-refractivity contribution >= 4 is 19.6 Å². The Kier molecular flexibility index (Phi) is 5.95. The van der Waals surface area contributed by atoms with E-state index < -0.39 is 0 Å². The Bertz CT molecular complexity index is 550. The van der Waals surface area contributed by atoms with E-state index in [4.69, 9.17) is 0 Å². The molecule has 1 nitrogen and oxygen atoms in total. The van der Waals surface area contributed by atoms with Crippen LogP contribution in [0.1, 0.15) is 23.6 Å². The third kappa shape index (κ3) is 3.72. The minimum absolute atomic E-state index is 0.286. The minimum atomic E-state index is 0.286. The maximum atomic E-state index is 4.07. The van der Waals surface area contributed by atoms with Gasteiger partial charge in [0.05, 0.1) is 6.04 Å². The van der Waals surface area contributed by atoms with Crippen LogP contribution in [0.25, 0.3) is 0 Å². The molecule has 0 N–H and O–H groups in total. The average Bonchev–Trinajstić information content (AvgIpc) is 2.51. The quantitative estimate of drug-likeness (QED) is 0.582. The first-order chi connectivity index (χ1) is 10.2. The van der Waals surface area contributed by atoms with Gasteiger partial charge in [0.2, 0.25) is 0 Å². The molecule has 1 atom stereocenters. The summed E-state index contributed by atoms with van der Waals surface area (Å²) in [6.07, 6.45) is 5.22. The lowest BCUT2D eigenvalue weighted by molar-refractivity contribution is 0.246. The summed E-state index contributed by atoms with van der Waals surface area (Å²) in [5.41, 5.74) is 5.21. The molecule has 0 aliphatic carbocycles. The summed E-state index contributed by atoms with van der Waals surface area (Å²) in [4.78, 5) is 4.02. The van der Waals surface area contributed by atoms with Gasteiger partial charge < -0.3 is 0 Å². The Morgan fingerprint density at radius 2 is 2.14 bits per heavy atom. The number of thioether (sulfide) groups is 1.